The highest BCUT2D eigenvalue weighted by Gasteiger charge is 2.12. The Labute approximate surface area is 157 Å². The van der Waals surface area contributed by atoms with Gasteiger partial charge in [-0.1, -0.05) is 0 Å². The van der Waals surface area contributed by atoms with Crippen LogP contribution in [0.3, 0.4) is 0 Å². The molecule has 0 amide bonds. The number of H-pyrrole nitrogens is 1. The summed E-state index contributed by atoms with van der Waals surface area (Å²) >= 11 is 0. The normalized spacial score (nSPS) is 14.3. The molecule has 1 aliphatic heterocycles. The molecule has 4 rings (SSSR count). The number of aromatic nitrogens is 2. The lowest BCUT2D eigenvalue weighted by molar-refractivity contribution is 0.122. The van der Waals surface area contributed by atoms with E-state index in [9.17, 15) is 4.79 Å². The van der Waals surface area contributed by atoms with Gasteiger partial charge in [-0.05, 0) is 48.7 Å². The van der Waals surface area contributed by atoms with Crippen LogP contribution >= 0.6 is 0 Å². The number of rotatable bonds is 5. The summed E-state index contributed by atoms with van der Waals surface area (Å²) in [5.74, 6) is 1.28. The Morgan fingerprint density at radius 1 is 1.19 bits per heavy atom. The number of ether oxygens (including phenoxy) is 1. The second-order valence-corrected chi connectivity index (χ2v) is 6.43. The van der Waals surface area contributed by atoms with Crippen LogP contribution in [0.2, 0.25) is 0 Å². The number of nitrogens with zero attached hydrogens (tertiary/aromatic N) is 2. The minimum Gasteiger partial charge on any atom is -0.378 e. The van der Waals surface area contributed by atoms with E-state index in [0.29, 0.717) is 11.2 Å². The Morgan fingerprint density at radius 3 is 2.70 bits per heavy atom. The van der Waals surface area contributed by atoms with Gasteiger partial charge < -0.3 is 25.3 Å². The van der Waals surface area contributed by atoms with Crippen LogP contribution in [0.5, 0.6) is 0 Å². The molecule has 1 aromatic carbocycles. The summed E-state index contributed by atoms with van der Waals surface area (Å²) in [5.41, 5.74) is 1.90. The van der Waals surface area contributed by atoms with Crippen LogP contribution in [0.1, 0.15) is 6.92 Å². The third-order valence-corrected chi connectivity index (χ3v) is 4.62. The molecule has 7 nitrogen and oxygen atoms in total. The molecular weight excluding hydrogens is 342 g/mol. The van der Waals surface area contributed by atoms with Crippen LogP contribution in [0.15, 0.2) is 47.4 Å². The first-order valence-corrected chi connectivity index (χ1v) is 9.20. The zero-order valence-corrected chi connectivity index (χ0v) is 15.3. The lowest BCUT2D eigenvalue weighted by Crippen LogP contribution is -2.36. The summed E-state index contributed by atoms with van der Waals surface area (Å²) in [6.07, 6.45) is 1.65. The topological polar surface area (TPSA) is 82.3 Å². The molecule has 1 saturated heterocycles. The molecule has 2 aromatic heterocycles. The molecule has 3 aromatic rings. The zero-order chi connectivity index (χ0) is 18.6. The molecule has 140 valence electrons. The van der Waals surface area contributed by atoms with Crippen molar-refractivity contribution in [2.75, 3.05) is 48.4 Å². The molecule has 0 radical (unpaired) electrons. The van der Waals surface area contributed by atoms with E-state index in [2.05, 4.69) is 37.6 Å². The van der Waals surface area contributed by atoms with Gasteiger partial charge in [0.05, 0.1) is 18.6 Å². The van der Waals surface area contributed by atoms with Crippen molar-refractivity contribution < 1.29 is 4.74 Å². The molecule has 1 fully saturated rings. The van der Waals surface area contributed by atoms with Crippen LogP contribution in [-0.2, 0) is 4.74 Å². The fourth-order valence-corrected chi connectivity index (χ4v) is 3.29. The maximum atomic E-state index is 12.3. The average molecular weight is 365 g/mol. The maximum Gasteiger partial charge on any atom is 0.259 e. The molecular formula is C20H23N5O2. The van der Waals surface area contributed by atoms with Gasteiger partial charge in [-0.2, -0.15) is 0 Å². The van der Waals surface area contributed by atoms with Gasteiger partial charge in [0.25, 0.3) is 5.56 Å². The quantitative estimate of drug-likeness (QED) is 0.645. The van der Waals surface area contributed by atoms with Crippen molar-refractivity contribution >= 4 is 33.8 Å². The Hall–Kier alpha value is -3.06. The molecule has 0 spiro atoms. The van der Waals surface area contributed by atoms with Crippen molar-refractivity contribution in [3.63, 3.8) is 0 Å². The Balaban J connectivity index is 1.65. The van der Waals surface area contributed by atoms with E-state index < -0.39 is 0 Å². The number of morpholine rings is 1. The molecule has 0 unspecified atom stereocenters. The molecule has 3 heterocycles. The standard InChI is InChI=1S/C20H23N5O2/c1-2-21-17-13-14-7-8-22-20(26)18(14)19(24-17)23-15-3-5-16(6-4-15)25-9-11-27-12-10-25/h3-8,13H,2,9-12H2,1H3,(H,22,26)(H2,21,23,24). The predicted octanol–water partition coefficient (Wildman–Crippen LogP) is 2.94. The number of pyridine rings is 2. The van der Waals surface area contributed by atoms with Gasteiger partial charge in [-0.15, -0.1) is 0 Å². The molecule has 0 bridgehead atoms. The van der Waals surface area contributed by atoms with Crippen LogP contribution in [0.4, 0.5) is 23.0 Å². The number of hydrogen-bond acceptors (Lipinski definition) is 6. The highest BCUT2D eigenvalue weighted by molar-refractivity contribution is 5.94. The van der Waals surface area contributed by atoms with Gasteiger partial charge in [0, 0.05) is 37.2 Å². The second-order valence-electron chi connectivity index (χ2n) is 6.43. The van der Waals surface area contributed by atoms with Crippen LogP contribution < -0.4 is 21.1 Å². The van der Waals surface area contributed by atoms with E-state index in [0.717, 1.165) is 49.7 Å². The van der Waals surface area contributed by atoms with Crippen molar-refractivity contribution in [1.82, 2.24) is 9.97 Å². The van der Waals surface area contributed by atoms with Crippen molar-refractivity contribution in [3.05, 3.63) is 52.9 Å². The summed E-state index contributed by atoms with van der Waals surface area (Å²) < 4.78 is 5.41. The predicted molar refractivity (Wildman–Crippen MR) is 109 cm³/mol. The van der Waals surface area contributed by atoms with Gasteiger partial charge in [0.15, 0.2) is 0 Å². The summed E-state index contributed by atoms with van der Waals surface area (Å²) in [6, 6.07) is 11.9. The van der Waals surface area contributed by atoms with Gasteiger partial charge in [0.2, 0.25) is 0 Å². The largest absolute Gasteiger partial charge is 0.378 e. The lowest BCUT2D eigenvalue weighted by atomic mass is 10.2. The van der Waals surface area contributed by atoms with Crippen LogP contribution in [-0.4, -0.2) is 42.8 Å². The average Bonchev–Trinajstić information content (AvgIpc) is 2.69. The zero-order valence-electron chi connectivity index (χ0n) is 15.3. The third-order valence-electron chi connectivity index (χ3n) is 4.62. The number of nitrogens with one attached hydrogen (secondary N) is 3. The number of anilines is 4. The number of hydrogen-bond donors (Lipinski definition) is 3. The summed E-state index contributed by atoms with van der Waals surface area (Å²) in [7, 11) is 0. The van der Waals surface area contributed by atoms with Gasteiger partial charge >= 0.3 is 0 Å². The van der Waals surface area contributed by atoms with E-state index in [1.54, 1.807) is 6.20 Å². The van der Waals surface area contributed by atoms with Crippen LogP contribution in [0.25, 0.3) is 10.8 Å². The Kier molecular flexibility index (Phi) is 4.93. The SMILES string of the molecule is CCNc1cc2cc[nH]c(=O)c2c(Nc2ccc(N3CCOCC3)cc2)n1. The minimum atomic E-state index is -0.157. The summed E-state index contributed by atoms with van der Waals surface area (Å²) in [6.45, 7) is 6.10. The molecule has 0 saturated carbocycles. The number of benzene rings is 1. The van der Waals surface area contributed by atoms with Gasteiger partial charge in [-0.25, -0.2) is 4.98 Å². The van der Waals surface area contributed by atoms with E-state index in [-0.39, 0.29) is 5.56 Å². The molecule has 0 atom stereocenters. The van der Waals surface area contributed by atoms with E-state index in [4.69, 9.17) is 4.74 Å². The molecule has 27 heavy (non-hydrogen) atoms. The van der Waals surface area contributed by atoms with E-state index in [1.807, 2.05) is 31.2 Å². The third kappa shape index (κ3) is 3.73. The van der Waals surface area contributed by atoms with Crippen molar-refractivity contribution in [2.45, 2.75) is 6.92 Å². The second kappa shape index (κ2) is 7.67. The van der Waals surface area contributed by atoms with Gasteiger partial charge in [-0.3, -0.25) is 4.79 Å². The van der Waals surface area contributed by atoms with Crippen molar-refractivity contribution in [3.8, 4) is 0 Å². The molecule has 7 heteroatoms. The fourth-order valence-electron chi connectivity index (χ4n) is 3.29. The Morgan fingerprint density at radius 2 is 1.96 bits per heavy atom. The lowest BCUT2D eigenvalue weighted by Gasteiger charge is -2.28. The first-order chi connectivity index (χ1) is 13.2. The summed E-state index contributed by atoms with van der Waals surface area (Å²) in [5, 5.41) is 7.91. The van der Waals surface area contributed by atoms with E-state index in [1.165, 1.54) is 5.69 Å². The Bertz CT molecular complexity index is 978. The highest BCUT2D eigenvalue weighted by Crippen LogP contribution is 2.26. The summed E-state index contributed by atoms with van der Waals surface area (Å²) in [4.78, 5) is 22.0. The van der Waals surface area contributed by atoms with E-state index >= 15 is 0 Å². The smallest absolute Gasteiger partial charge is 0.259 e. The first-order valence-electron chi connectivity index (χ1n) is 9.20. The molecule has 1 aliphatic rings. The fraction of sp³-hybridized carbons (Fsp3) is 0.300. The monoisotopic (exact) mass is 365 g/mol. The maximum absolute atomic E-state index is 12.3. The number of aromatic amines is 1. The first kappa shape index (κ1) is 17.4. The molecule has 0 aliphatic carbocycles. The van der Waals surface area contributed by atoms with Gasteiger partial charge in [0.1, 0.15) is 11.6 Å². The number of fused-ring (bicyclic) bond motifs is 1. The highest BCUT2D eigenvalue weighted by atomic mass is 16.5. The van der Waals surface area contributed by atoms with Crippen molar-refractivity contribution in [2.24, 2.45) is 0 Å². The van der Waals surface area contributed by atoms with Crippen LogP contribution in [0, 0.1) is 0 Å². The minimum absolute atomic E-state index is 0.157. The molecule has 3 N–H and O–H groups in total. The van der Waals surface area contributed by atoms with Crippen molar-refractivity contribution in [1.29, 1.82) is 0 Å².